The predicted molar refractivity (Wildman–Crippen MR) is 144 cm³/mol. The number of nitrogens with zero attached hydrogens (tertiary/aromatic N) is 1. The number of phenolic OH excluding ortho intramolecular Hbond substituents is 1. The number of hydrogen-bond acceptors (Lipinski definition) is 9. The molecule has 3 aromatic rings. The Bertz CT molecular complexity index is 1220. The largest absolute Gasteiger partial charge is 0.508 e. The summed E-state index contributed by atoms with van der Waals surface area (Å²) in [5, 5.41) is 24.5. The molecule has 0 radical (unpaired) electrons. The lowest BCUT2D eigenvalue weighted by molar-refractivity contribution is -0.123. The lowest BCUT2D eigenvalue weighted by atomic mass is 9.87. The summed E-state index contributed by atoms with van der Waals surface area (Å²) in [7, 11) is 3.38. The van der Waals surface area contributed by atoms with Crippen molar-refractivity contribution in [2.45, 2.75) is 18.4 Å². The van der Waals surface area contributed by atoms with Crippen molar-refractivity contribution in [3.05, 3.63) is 53.5 Å². The molecule has 4 rings (SSSR count). The fraction of sp³-hybridized carbons (Fsp3) is 0.346. The summed E-state index contributed by atoms with van der Waals surface area (Å²) < 4.78 is 10.6. The summed E-state index contributed by atoms with van der Waals surface area (Å²) in [6.07, 6.45) is 1.25. The highest BCUT2D eigenvalue weighted by Crippen LogP contribution is 2.30. The van der Waals surface area contributed by atoms with Crippen LogP contribution < -0.4 is 26.0 Å². The average Bonchev–Trinajstić information content (AvgIpc) is 3.42. The normalized spacial score (nSPS) is 14.6. The zero-order chi connectivity index (χ0) is 26.3. The van der Waals surface area contributed by atoms with Crippen LogP contribution in [0.3, 0.4) is 0 Å². The van der Waals surface area contributed by atoms with E-state index in [4.69, 9.17) is 9.47 Å². The Morgan fingerprint density at radius 3 is 2.54 bits per heavy atom. The number of carbonyl (C=O) groups is 2. The number of likely N-dealkylation sites (N-methyl/N-ethyl adjacent to an activating group) is 1. The van der Waals surface area contributed by atoms with Crippen molar-refractivity contribution in [2.24, 2.45) is 0 Å². The van der Waals surface area contributed by atoms with Crippen molar-refractivity contribution < 1.29 is 24.2 Å². The van der Waals surface area contributed by atoms with Gasteiger partial charge in [0.15, 0.2) is 0 Å². The molecule has 0 aliphatic carbocycles. The molecule has 11 heteroatoms. The van der Waals surface area contributed by atoms with Crippen LogP contribution in [0.2, 0.25) is 0 Å². The number of rotatable bonds is 10. The molecule has 0 atom stereocenters. The first-order valence-electron chi connectivity index (χ1n) is 12.0. The first-order valence-corrected chi connectivity index (χ1v) is 12.9. The summed E-state index contributed by atoms with van der Waals surface area (Å²) in [5.41, 5.74) is 1.05. The third kappa shape index (κ3) is 6.44. The quantitative estimate of drug-likeness (QED) is 0.201. The smallest absolute Gasteiger partial charge is 0.275 e. The molecule has 1 aromatic heterocycles. The fourth-order valence-electron chi connectivity index (χ4n) is 4.06. The lowest BCUT2D eigenvalue weighted by Gasteiger charge is -2.36. The minimum Gasteiger partial charge on any atom is -0.508 e. The number of aromatic hydroxyl groups is 1. The second kappa shape index (κ2) is 12.2. The number of piperidine rings is 1. The molecule has 10 nitrogen and oxygen atoms in total. The first kappa shape index (κ1) is 26.6. The number of hydrogen-bond donors (Lipinski definition) is 5. The molecular weight excluding hydrogens is 494 g/mol. The highest BCUT2D eigenvalue weighted by Gasteiger charge is 2.38. The van der Waals surface area contributed by atoms with Crippen LogP contribution in [-0.2, 0) is 9.53 Å². The summed E-state index contributed by atoms with van der Waals surface area (Å²) >= 11 is 1.35. The second-order valence-electron chi connectivity index (χ2n) is 8.62. The van der Waals surface area contributed by atoms with Crippen molar-refractivity contribution in [3.8, 4) is 22.1 Å². The van der Waals surface area contributed by atoms with Gasteiger partial charge in [0.05, 0.1) is 18.0 Å². The number of methoxy groups -OCH3 is 1. The molecule has 0 saturated carbocycles. The molecule has 196 valence electrons. The summed E-state index contributed by atoms with van der Waals surface area (Å²) in [5.74, 6) is 0.0566. The average molecular weight is 526 g/mol. The fourth-order valence-corrected chi connectivity index (χ4v) is 4.87. The SMILES string of the molecule is CNC1(C(=O)Nc2cc(O)ccc2NC(=O)c2csc(-c3ccc(OCCOC)cc3)n2)CCNCC1. The van der Waals surface area contributed by atoms with Crippen molar-refractivity contribution in [1.82, 2.24) is 15.6 Å². The first-order chi connectivity index (χ1) is 17.9. The molecule has 1 aliphatic rings. The molecule has 37 heavy (non-hydrogen) atoms. The zero-order valence-corrected chi connectivity index (χ0v) is 21.6. The van der Waals surface area contributed by atoms with Crippen LogP contribution in [0.5, 0.6) is 11.5 Å². The van der Waals surface area contributed by atoms with Gasteiger partial charge in [-0.2, -0.15) is 0 Å². The second-order valence-corrected chi connectivity index (χ2v) is 9.48. The number of phenols is 1. The van der Waals surface area contributed by atoms with Crippen molar-refractivity contribution in [2.75, 3.05) is 51.1 Å². The third-order valence-electron chi connectivity index (χ3n) is 6.26. The van der Waals surface area contributed by atoms with Crippen LogP contribution in [-0.4, -0.2) is 67.9 Å². The zero-order valence-electron chi connectivity index (χ0n) is 20.8. The van der Waals surface area contributed by atoms with Crippen molar-refractivity contribution in [3.63, 3.8) is 0 Å². The monoisotopic (exact) mass is 525 g/mol. The number of aromatic nitrogens is 1. The molecule has 2 amide bonds. The Morgan fingerprint density at radius 2 is 1.84 bits per heavy atom. The third-order valence-corrected chi connectivity index (χ3v) is 7.16. The van der Waals surface area contributed by atoms with Crippen LogP contribution in [0.25, 0.3) is 10.6 Å². The van der Waals surface area contributed by atoms with E-state index in [2.05, 4.69) is 26.3 Å². The highest BCUT2D eigenvalue weighted by molar-refractivity contribution is 7.13. The Labute approximate surface area is 219 Å². The van der Waals surface area contributed by atoms with Gasteiger partial charge >= 0.3 is 0 Å². The topological polar surface area (TPSA) is 134 Å². The van der Waals surface area contributed by atoms with Crippen LogP contribution in [0.4, 0.5) is 11.4 Å². The molecular formula is C26H31N5O5S. The standard InChI is InChI=1S/C26H31N5O5S/c1-27-26(9-11-28-12-10-26)25(34)31-21-15-18(32)5-8-20(21)29-23(33)22-16-37-24(30-22)17-3-6-19(7-4-17)36-14-13-35-2/h3-8,15-16,27-28,32H,9-14H2,1-2H3,(H,29,33)(H,31,34). The van der Waals surface area contributed by atoms with E-state index in [1.54, 1.807) is 25.6 Å². The molecule has 2 aromatic carbocycles. The van der Waals surface area contributed by atoms with Gasteiger partial charge in [-0.1, -0.05) is 0 Å². The Morgan fingerprint density at radius 1 is 1.08 bits per heavy atom. The van der Waals surface area contributed by atoms with Gasteiger partial charge in [0.1, 0.15) is 34.3 Å². The Kier molecular flexibility index (Phi) is 8.72. The molecule has 1 fully saturated rings. The van der Waals surface area contributed by atoms with Gasteiger partial charge in [-0.05, 0) is 69.4 Å². The molecule has 0 bridgehead atoms. The molecule has 0 unspecified atom stereocenters. The molecule has 1 saturated heterocycles. The maximum Gasteiger partial charge on any atom is 0.275 e. The van der Waals surface area contributed by atoms with E-state index in [1.165, 1.54) is 23.5 Å². The van der Waals surface area contributed by atoms with Gasteiger partial charge in [0.25, 0.3) is 5.91 Å². The van der Waals surface area contributed by atoms with E-state index in [0.29, 0.717) is 55.5 Å². The van der Waals surface area contributed by atoms with E-state index < -0.39 is 11.4 Å². The van der Waals surface area contributed by atoms with Crippen LogP contribution in [0, 0.1) is 0 Å². The number of anilines is 2. The molecule has 2 heterocycles. The van der Waals surface area contributed by atoms with Gasteiger partial charge in [-0.3, -0.25) is 9.59 Å². The van der Waals surface area contributed by atoms with Gasteiger partial charge in [-0.15, -0.1) is 11.3 Å². The van der Waals surface area contributed by atoms with Crippen molar-refractivity contribution in [1.29, 1.82) is 0 Å². The van der Waals surface area contributed by atoms with Crippen molar-refractivity contribution >= 4 is 34.5 Å². The van der Waals surface area contributed by atoms with Gasteiger partial charge in [0, 0.05) is 24.1 Å². The van der Waals surface area contributed by atoms with Crippen LogP contribution in [0.1, 0.15) is 23.3 Å². The van der Waals surface area contributed by atoms with E-state index >= 15 is 0 Å². The minimum absolute atomic E-state index is 0.0253. The highest BCUT2D eigenvalue weighted by atomic mass is 32.1. The molecule has 1 aliphatic heterocycles. The van der Waals surface area contributed by atoms with E-state index in [0.717, 1.165) is 11.3 Å². The molecule has 0 spiro atoms. The Hall–Kier alpha value is -3.51. The van der Waals surface area contributed by atoms with E-state index in [-0.39, 0.29) is 17.4 Å². The predicted octanol–water partition coefficient (Wildman–Crippen LogP) is 3.07. The number of amides is 2. The van der Waals surface area contributed by atoms with E-state index in [1.807, 2.05) is 24.3 Å². The van der Waals surface area contributed by atoms with Gasteiger partial charge in [0.2, 0.25) is 5.91 Å². The maximum absolute atomic E-state index is 13.2. The van der Waals surface area contributed by atoms with Crippen LogP contribution in [0.15, 0.2) is 47.8 Å². The number of carbonyl (C=O) groups excluding carboxylic acids is 2. The minimum atomic E-state index is -0.730. The Balaban J connectivity index is 1.45. The summed E-state index contributed by atoms with van der Waals surface area (Å²) in [6, 6.07) is 11.9. The number of thiazole rings is 1. The van der Waals surface area contributed by atoms with Crippen LogP contribution >= 0.6 is 11.3 Å². The van der Waals surface area contributed by atoms with Gasteiger partial charge < -0.3 is 35.8 Å². The van der Waals surface area contributed by atoms with Gasteiger partial charge in [-0.25, -0.2) is 4.98 Å². The summed E-state index contributed by atoms with van der Waals surface area (Å²) in [4.78, 5) is 30.7. The number of benzene rings is 2. The number of nitrogens with one attached hydrogen (secondary N) is 4. The summed E-state index contributed by atoms with van der Waals surface area (Å²) in [6.45, 7) is 2.40. The number of ether oxygens (including phenoxy) is 2. The molecule has 5 N–H and O–H groups in total. The maximum atomic E-state index is 13.2. The lowest BCUT2D eigenvalue weighted by Crippen LogP contribution is -2.58. The van der Waals surface area contributed by atoms with E-state index in [9.17, 15) is 14.7 Å².